The number of likely N-dealkylation sites (N-methyl/N-ethyl adjacent to an activating group) is 1. The Morgan fingerprint density at radius 2 is 2.40 bits per heavy atom. The largest absolute Gasteiger partial charge is 0.374 e. The number of halogens is 1. The van der Waals surface area contributed by atoms with Gasteiger partial charge < -0.3 is 15.0 Å². The second-order valence-electron chi connectivity index (χ2n) is 4.25. The molecule has 1 aliphatic rings. The molecule has 4 heteroatoms. The molecule has 1 N–H and O–H groups in total. The molecule has 1 aliphatic heterocycles. The minimum Gasteiger partial charge on any atom is -0.374 e. The van der Waals surface area contributed by atoms with E-state index in [0.29, 0.717) is 12.1 Å². The average Bonchev–Trinajstić information content (AvgIpc) is 2.24. The number of hydrogen-bond acceptors (Lipinski definition) is 3. The molecule has 0 amide bonds. The molecule has 0 bridgehead atoms. The first-order valence-corrected chi connectivity index (χ1v) is 6.39. The summed E-state index contributed by atoms with van der Waals surface area (Å²) in [5.41, 5.74) is 0. The molecule has 0 aromatic rings. The van der Waals surface area contributed by atoms with Crippen LogP contribution in [-0.4, -0.2) is 56.2 Å². The lowest BCUT2D eigenvalue weighted by molar-refractivity contribution is -0.0193. The molecule has 0 aliphatic carbocycles. The van der Waals surface area contributed by atoms with Gasteiger partial charge in [0.1, 0.15) is 0 Å². The lowest BCUT2D eigenvalue weighted by Crippen LogP contribution is -2.46. The van der Waals surface area contributed by atoms with E-state index in [-0.39, 0.29) is 0 Å². The monoisotopic (exact) mass is 234 g/mol. The third-order valence-corrected chi connectivity index (χ3v) is 3.14. The van der Waals surface area contributed by atoms with Crippen LogP contribution in [0.4, 0.5) is 0 Å². The van der Waals surface area contributed by atoms with E-state index in [9.17, 15) is 0 Å². The summed E-state index contributed by atoms with van der Waals surface area (Å²) in [5.74, 6) is 0.733. The fourth-order valence-corrected chi connectivity index (χ4v) is 2.13. The molecule has 0 aromatic carbocycles. The first kappa shape index (κ1) is 13.2. The van der Waals surface area contributed by atoms with Crippen molar-refractivity contribution >= 4 is 11.6 Å². The van der Waals surface area contributed by atoms with Crippen LogP contribution in [0.5, 0.6) is 0 Å². The van der Waals surface area contributed by atoms with Crippen LogP contribution in [0.2, 0.25) is 0 Å². The van der Waals surface area contributed by atoms with Crippen LogP contribution in [0, 0.1) is 0 Å². The van der Waals surface area contributed by atoms with E-state index in [1.807, 2.05) is 0 Å². The van der Waals surface area contributed by atoms with Crippen molar-refractivity contribution in [2.75, 3.05) is 39.2 Å². The lowest BCUT2D eigenvalue weighted by Gasteiger charge is -2.31. The third-order valence-electron chi connectivity index (χ3n) is 2.93. The Morgan fingerprint density at radius 1 is 1.60 bits per heavy atom. The van der Waals surface area contributed by atoms with Gasteiger partial charge in [-0.25, -0.2) is 0 Å². The van der Waals surface area contributed by atoms with Gasteiger partial charge in [-0.05, 0) is 19.9 Å². The molecule has 1 heterocycles. The highest BCUT2D eigenvalue weighted by Gasteiger charge is 2.18. The number of morpholine rings is 1. The maximum absolute atomic E-state index is 5.74. The van der Waals surface area contributed by atoms with Gasteiger partial charge in [0.2, 0.25) is 0 Å². The van der Waals surface area contributed by atoms with Gasteiger partial charge in [-0.15, -0.1) is 11.6 Å². The second kappa shape index (κ2) is 7.44. The zero-order valence-electron chi connectivity index (χ0n) is 9.84. The number of alkyl halides is 1. The summed E-state index contributed by atoms with van der Waals surface area (Å²) in [4.78, 5) is 2.32. The van der Waals surface area contributed by atoms with Gasteiger partial charge in [-0.3, -0.25) is 0 Å². The van der Waals surface area contributed by atoms with E-state index in [2.05, 4.69) is 24.2 Å². The summed E-state index contributed by atoms with van der Waals surface area (Å²) < 4.78 is 5.68. The van der Waals surface area contributed by atoms with Crippen LogP contribution in [-0.2, 0) is 4.74 Å². The van der Waals surface area contributed by atoms with E-state index < -0.39 is 0 Å². The molecule has 2 unspecified atom stereocenters. The molecular formula is C11H23ClN2O. The number of hydrogen-bond donors (Lipinski definition) is 1. The van der Waals surface area contributed by atoms with Gasteiger partial charge in [0, 0.05) is 31.6 Å². The Bertz CT molecular complexity index is 169. The average molecular weight is 235 g/mol. The minimum absolute atomic E-state index is 0.341. The summed E-state index contributed by atoms with van der Waals surface area (Å²) in [6.07, 6.45) is 2.52. The SMILES string of the molecule is CCC(CCCl)NCC1CN(C)CCO1. The smallest absolute Gasteiger partial charge is 0.0826 e. The van der Waals surface area contributed by atoms with Gasteiger partial charge >= 0.3 is 0 Å². The zero-order valence-corrected chi connectivity index (χ0v) is 10.6. The van der Waals surface area contributed by atoms with E-state index in [1.54, 1.807) is 0 Å². The highest BCUT2D eigenvalue weighted by Crippen LogP contribution is 2.04. The van der Waals surface area contributed by atoms with Crippen LogP contribution in [0.15, 0.2) is 0 Å². The molecule has 2 atom stereocenters. The number of nitrogens with one attached hydrogen (secondary N) is 1. The highest BCUT2D eigenvalue weighted by molar-refractivity contribution is 6.17. The van der Waals surface area contributed by atoms with Crippen LogP contribution < -0.4 is 5.32 Å². The summed E-state index contributed by atoms with van der Waals surface area (Å²) in [5, 5.41) is 3.52. The van der Waals surface area contributed by atoms with Crippen molar-refractivity contribution < 1.29 is 4.74 Å². The van der Waals surface area contributed by atoms with E-state index in [0.717, 1.165) is 45.0 Å². The maximum Gasteiger partial charge on any atom is 0.0826 e. The summed E-state index contributed by atoms with van der Waals surface area (Å²) in [7, 11) is 2.14. The van der Waals surface area contributed by atoms with E-state index >= 15 is 0 Å². The topological polar surface area (TPSA) is 24.5 Å². The molecule has 1 fully saturated rings. The molecule has 90 valence electrons. The van der Waals surface area contributed by atoms with Crippen LogP contribution in [0.3, 0.4) is 0 Å². The third kappa shape index (κ3) is 5.16. The minimum atomic E-state index is 0.341. The molecule has 1 rings (SSSR count). The number of rotatable bonds is 6. The van der Waals surface area contributed by atoms with Gasteiger partial charge in [0.15, 0.2) is 0 Å². The van der Waals surface area contributed by atoms with Crippen LogP contribution in [0.1, 0.15) is 19.8 Å². The molecule has 1 saturated heterocycles. The lowest BCUT2D eigenvalue weighted by atomic mass is 10.1. The number of nitrogens with zero attached hydrogens (tertiary/aromatic N) is 1. The fraction of sp³-hybridized carbons (Fsp3) is 1.00. The Balaban J connectivity index is 2.16. The molecule has 15 heavy (non-hydrogen) atoms. The van der Waals surface area contributed by atoms with Gasteiger partial charge in [0.05, 0.1) is 12.7 Å². The van der Waals surface area contributed by atoms with E-state index in [1.165, 1.54) is 0 Å². The number of ether oxygens (including phenoxy) is 1. The van der Waals surface area contributed by atoms with Crippen molar-refractivity contribution in [3.63, 3.8) is 0 Å². The zero-order chi connectivity index (χ0) is 11.1. The van der Waals surface area contributed by atoms with Crippen molar-refractivity contribution in [2.45, 2.75) is 31.9 Å². The first-order chi connectivity index (χ1) is 7.26. The van der Waals surface area contributed by atoms with Crippen molar-refractivity contribution in [2.24, 2.45) is 0 Å². The Morgan fingerprint density at radius 3 is 3.00 bits per heavy atom. The maximum atomic E-state index is 5.74. The van der Waals surface area contributed by atoms with Crippen molar-refractivity contribution in [3.8, 4) is 0 Å². The predicted molar refractivity (Wildman–Crippen MR) is 64.7 cm³/mol. The fourth-order valence-electron chi connectivity index (χ4n) is 1.87. The Hall–Kier alpha value is 0.170. The van der Waals surface area contributed by atoms with E-state index in [4.69, 9.17) is 16.3 Å². The van der Waals surface area contributed by atoms with Crippen molar-refractivity contribution in [1.29, 1.82) is 0 Å². The van der Waals surface area contributed by atoms with Gasteiger partial charge in [-0.2, -0.15) is 0 Å². The summed E-state index contributed by atoms with van der Waals surface area (Å²) in [6, 6.07) is 0.540. The second-order valence-corrected chi connectivity index (χ2v) is 4.62. The Kier molecular flexibility index (Phi) is 6.57. The Labute approximate surface area is 98.1 Å². The molecule has 0 aromatic heterocycles. The van der Waals surface area contributed by atoms with Gasteiger partial charge in [-0.1, -0.05) is 6.92 Å². The highest BCUT2D eigenvalue weighted by atomic mass is 35.5. The summed E-state index contributed by atoms with van der Waals surface area (Å²) >= 11 is 5.74. The molecule has 3 nitrogen and oxygen atoms in total. The molecule has 0 saturated carbocycles. The van der Waals surface area contributed by atoms with Gasteiger partial charge in [0.25, 0.3) is 0 Å². The molecular weight excluding hydrogens is 212 g/mol. The van der Waals surface area contributed by atoms with Crippen molar-refractivity contribution in [1.82, 2.24) is 10.2 Å². The van der Waals surface area contributed by atoms with Crippen molar-refractivity contribution in [3.05, 3.63) is 0 Å². The first-order valence-electron chi connectivity index (χ1n) is 5.85. The predicted octanol–water partition coefficient (Wildman–Crippen LogP) is 1.31. The molecule has 0 spiro atoms. The normalized spacial score (nSPS) is 25.4. The summed E-state index contributed by atoms with van der Waals surface area (Å²) in [6.45, 7) is 6.08. The van der Waals surface area contributed by atoms with Crippen LogP contribution in [0.25, 0.3) is 0 Å². The quantitative estimate of drug-likeness (QED) is 0.702. The standard InChI is InChI=1S/C11H23ClN2O/c1-3-10(4-5-12)13-8-11-9-14(2)6-7-15-11/h10-11,13H,3-9H2,1-2H3. The van der Waals surface area contributed by atoms with Crippen LogP contribution >= 0.6 is 11.6 Å². The molecule has 0 radical (unpaired) electrons.